The minimum atomic E-state index is -1.33. The molecule has 0 aliphatic heterocycles. The summed E-state index contributed by atoms with van der Waals surface area (Å²) < 4.78 is 46.0. The molecule has 0 bridgehead atoms. The SMILES string of the molecule is CC(C)S(=O)S(=O)CCCCS(=O)S(=O)C(C)C. The van der Waals surface area contributed by atoms with Gasteiger partial charge < -0.3 is 0 Å². The third kappa shape index (κ3) is 7.25. The summed E-state index contributed by atoms with van der Waals surface area (Å²) in [6.45, 7) is 7.09. The first-order valence-corrected chi connectivity index (χ1v) is 12.0. The molecular weight excluding hydrogens is 312 g/mol. The Morgan fingerprint density at radius 1 is 0.667 bits per heavy atom. The van der Waals surface area contributed by atoms with E-state index in [1.807, 2.05) is 0 Å². The van der Waals surface area contributed by atoms with Crippen molar-refractivity contribution in [3.8, 4) is 0 Å². The molecule has 0 aromatic rings. The second-order valence-electron chi connectivity index (χ2n) is 4.34. The summed E-state index contributed by atoms with van der Waals surface area (Å²) in [5, 5.41) is -0.207. The quantitative estimate of drug-likeness (QED) is 0.472. The van der Waals surface area contributed by atoms with Gasteiger partial charge in [0.1, 0.15) is 39.3 Å². The molecule has 0 aliphatic carbocycles. The van der Waals surface area contributed by atoms with Crippen molar-refractivity contribution in [1.29, 1.82) is 0 Å². The number of hydrogen-bond acceptors (Lipinski definition) is 4. The second-order valence-corrected chi connectivity index (χ2v) is 13.5. The Morgan fingerprint density at radius 2 is 0.944 bits per heavy atom. The Morgan fingerprint density at radius 3 is 1.17 bits per heavy atom. The van der Waals surface area contributed by atoms with E-state index in [4.69, 9.17) is 0 Å². The maximum absolute atomic E-state index is 11.5. The Balaban J connectivity index is 3.88. The van der Waals surface area contributed by atoms with Crippen LogP contribution >= 0.6 is 0 Å². The Hall–Kier alpha value is 0.600. The highest BCUT2D eigenvalue weighted by molar-refractivity contribution is 8.61. The van der Waals surface area contributed by atoms with Crippen LogP contribution in [-0.4, -0.2) is 38.8 Å². The summed E-state index contributed by atoms with van der Waals surface area (Å²) in [7, 11) is -5.28. The lowest BCUT2D eigenvalue weighted by atomic mass is 10.4. The summed E-state index contributed by atoms with van der Waals surface area (Å²) in [5.74, 6) is 0.715. The molecule has 4 atom stereocenters. The highest BCUT2D eigenvalue weighted by atomic mass is 33.1. The van der Waals surface area contributed by atoms with Crippen molar-refractivity contribution in [1.82, 2.24) is 0 Å². The molecule has 0 aromatic carbocycles. The zero-order chi connectivity index (χ0) is 14.3. The number of rotatable bonds is 9. The van der Waals surface area contributed by atoms with Crippen LogP contribution in [0.2, 0.25) is 0 Å². The van der Waals surface area contributed by atoms with E-state index >= 15 is 0 Å². The molecule has 0 spiro atoms. The van der Waals surface area contributed by atoms with Crippen LogP contribution in [0.1, 0.15) is 40.5 Å². The first-order chi connectivity index (χ1) is 8.27. The van der Waals surface area contributed by atoms with Crippen molar-refractivity contribution in [3.05, 3.63) is 0 Å². The van der Waals surface area contributed by atoms with Gasteiger partial charge in [0.2, 0.25) is 0 Å². The zero-order valence-corrected chi connectivity index (χ0v) is 14.5. The molecule has 110 valence electrons. The molecule has 4 nitrogen and oxygen atoms in total. The van der Waals surface area contributed by atoms with E-state index in [1.165, 1.54) is 0 Å². The van der Waals surface area contributed by atoms with Gasteiger partial charge in [0, 0.05) is 22.0 Å². The first kappa shape index (κ1) is 18.6. The van der Waals surface area contributed by atoms with Crippen molar-refractivity contribution >= 4 is 39.3 Å². The first-order valence-electron chi connectivity index (χ1n) is 5.86. The predicted molar refractivity (Wildman–Crippen MR) is 81.8 cm³/mol. The van der Waals surface area contributed by atoms with Gasteiger partial charge >= 0.3 is 0 Å². The van der Waals surface area contributed by atoms with Crippen LogP contribution in [0.4, 0.5) is 0 Å². The summed E-state index contributed by atoms with van der Waals surface area (Å²) in [6, 6.07) is 0. The molecule has 0 amide bonds. The minimum absolute atomic E-state index is 0.103. The minimum Gasteiger partial charge on any atom is -0.245 e. The Labute approximate surface area is 118 Å². The molecule has 0 N–H and O–H groups in total. The predicted octanol–water partition coefficient (Wildman–Crippen LogP) is 1.41. The van der Waals surface area contributed by atoms with E-state index in [0.717, 1.165) is 0 Å². The van der Waals surface area contributed by atoms with Crippen LogP contribution in [0.15, 0.2) is 0 Å². The van der Waals surface area contributed by atoms with Crippen molar-refractivity contribution in [2.75, 3.05) is 11.5 Å². The molecule has 0 heterocycles. The molecular formula is C10H22O4S4. The lowest BCUT2D eigenvalue weighted by Gasteiger charge is -2.06. The van der Waals surface area contributed by atoms with Gasteiger partial charge in [-0.3, -0.25) is 0 Å². The van der Waals surface area contributed by atoms with Crippen LogP contribution in [-0.2, 0) is 39.3 Å². The van der Waals surface area contributed by atoms with Crippen LogP contribution in [0, 0.1) is 0 Å². The van der Waals surface area contributed by atoms with E-state index in [9.17, 15) is 16.8 Å². The van der Waals surface area contributed by atoms with Gasteiger partial charge in [-0.05, 0) is 12.8 Å². The van der Waals surface area contributed by atoms with Gasteiger partial charge in [-0.2, -0.15) is 0 Å². The molecule has 8 heteroatoms. The average Bonchev–Trinajstić information content (AvgIpc) is 2.31. The largest absolute Gasteiger partial charge is 0.245 e. The summed E-state index contributed by atoms with van der Waals surface area (Å²) in [5.41, 5.74) is 0. The van der Waals surface area contributed by atoms with E-state index in [-0.39, 0.29) is 10.5 Å². The standard InChI is InChI=1S/C10H22O4S4/c1-9(2)17(13)15(11)7-5-6-8-16(12)18(14)10(3)4/h9-10H,5-8H2,1-4H3. The van der Waals surface area contributed by atoms with Crippen LogP contribution in [0.25, 0.3) is 0 Å². The van der Waals surface area contributed by atoms with Gasteiger partial charge in [0.25, 0.3) is 0 Å². The topological polar surface area (TPSA) is 68.3 Å². The van der Waals surface area contributed by atoms with Gasteiger partial charge in [0.05, 0.1) is 0 Å². The molecule has 0 radical (unpaired) electrons. The maximum Gasteiger partial charge on any atom is 0.113 e. The van der Waals surface area contributed by atoms with Crippen molar-refractivity contribution in [3.63, 3.8) is 0 Å². The van der Waals surface area contributed by atoms with Gasteiger partial charge in [-0.25, -0.2) is 16.8 Å². The fourth-order valence-electron chi connectivity index (χ4n) is 1.03. The van der Waals surface area contributed by atoms with Crippen molar-refractivity contribution in [2.24, 2.45) is 0 Å². The molecule has 0 saturated carbocycles. The van der Waals surface area contributed by atoms with Gasteiger partial charge in [0.15, 0.2) is 0 Å². The van der Waals surface area contributed by atoms with Crippen LogP contribution in [0.5, 0.6) is 0 Å². The van der Waals surface area contributed by atoms with E-state index < -0.39 is 39.3 Å². The highest BCUT2D eigenvalue weighted by Gasteiger charge is 2.15. The summed E-state index contributed by atoms with van der Waals surface area (Å²) in [6.07, 6.45) is 1.21. The van der Waals surface area contributed by atoms with Crippen LogP contribution < -0.4 is 0 Å². The fourth-order valence-corrected chi connectivity index (χ4v) is 7.37. The van der Waals surface area contributed by atoms with E-state index in [1.54, 1.807) is 27.7 Å². The molecule has 0 fully saturated rings. The van der Waals surface area contributed by atoms with Gasteiger partial charge in [-0.1, -0.05) is 27.7 Å². The summed E-state index contributed by atoms with van der Waals surface area (Å²) >= 11 is 0. The van der Waals surface area contributed by atoms with Crippen molar-refractivity contribution < 1.29 is 16.8 Å². The van der Waals surface area contributed by atoms with E-state index in [2.05, 4.69) is 0 Å². The lowest BCUT2D eigenvalue weighted by Crippen LogP contribution is -2.16. The normalized spacial score (nSPS) is 18.8. The molecule has 4 unspecified atom stereocenters. The monoisotopic (exact) mass is 334 g/mol. The third-order valence-corrected chi connectivity index (χ3v) is 11.0. The molecule has 0 aromatic heterocycles. The van der Waals surface area contributed by atoms with Gasteiger partial charge in [-0.15, -0.1) is 0 Å². The molecule has 0 rings (SSSR count). The average molecular weight is 335 g/mol. The zero-order valence-electron chi connectivity index (χ0n) is 11.2. The summed E-state index contributed by atoms with van der Waals surface area (Å²) in [4.78, 5) is 0. The number of hydrogen-bond donors (Lipinski definition) is 0. The second kappa shape index (κ2) is 9.50. The maximum atomic E-state index is 11.5. The van der Waals surface area contributed by atoms with E-state index in [0.29, 0.717) is 24.3 Å². The van der Waals surface area contributed by atoms with Crippen molar-refractivity contribution in [2.45, 2.75) is 51.0 Å². The Kier molecular flexibility index (Phi) is 9.81. The Bertz CT molecular complexity index is 318. The molecule has 0 aliphatic rings. The number of unbranched alkanes of at least 4 members (excludes halogenated alkanes) is 1. The smallest absolute Gasteiger partial charge is 0.113 e. The highest BCUT2D eigenvalue weighted by Crippen LogP contribution is 2.06. The lowest BCUT2D eigenvalue weighted by molar-refractivity contribution is 0.668. The molecule has 0 saturated heterocycles. The third-order valence-electron chi connectivity index (χ3n) is 2.01. The van der Waals surface area contributed by atoms with Crippen LogP contribution in [0.3, 0.4) is 0 Å². The fraction of sp³-hybridized carbons (Fsp3) is 1.00. The molecule has 18 heavy (non-hydrogen) atoms.